The van der Waals surface area contributed by atoms with E-state index in [1.54, 1.807) is 48.5 Å². The minimum absolute atomic E-state index is 0.108. The van der Waals surface area contributed by atoms with Gasteiger partial charge < -0.3 is 19.1 Å². The average Bonchev–Trinajstić information content (AvgIpc) is 3.46. The van der Waals surface area contributed by atoms with Crippen molar-refractivity contribution in [1.29, 1.82) is 0 Å². The lowest BCUT2D eigenvalue weighted by molar-refractivity contribution is 0.0419. The Kier molecular flexibility index (Phi) is 11.8. The first-order valence-corrected chi connectivity index (χ1v) is 18.1. The van der Waals surface area contributed by atoms with Crippen molar-refractivity contribution in [2.24, 2.45) is 4.99 Å². The number of methoxy groups -OCH3 is 2. The number of carbonyl (C=O) groups is 5. The van der Waals surface area contributed by atoms with Gasteiger partial charge >= 0.3 is 17.9 Å². The van der Waals surface area contributed by atoms with E-state index < -0.39 is 29.7 Å². The van der Waals surface area contributed by atoms with Crippen molar-refractivity contribution in [1.82, 2.24) is 4.90 Å². The standard InChI is InChI=1S/C45H41N3O8/c1-6-47(32-18-15-28(2)16-19-32)33-20-22-34(29(3)25-33)39(46-40-27-31(43(51)54-4)17-21-38(40)44(52)55-5)26-30-11-7-8-12-35(30)45(53)56-24-23-48-41(49)36-13-9-10-14-37(36)42(48)50/h7-22,25,27H,6,23-24,26H2,1-5H3. The molecule has 0 atom stereocenters. The van der Waals surface area contributed by atoms with Crippen molar-refractivity contribution in [2.75, 3.05) is 38.8 Å². The van der Waals surface area contributed by atoms with Crippen LogP contribution in [0.5, 0.6) is 0 Å². The summed E-state index contributed by atoms with van der Waals surface area (Å²) < 4.78 is 15.6. The molecule has 6 rings (SSSR count). The third-order valence-corrected chi connectivity index (χ3v) is 9.60. The van der Waals surface area contributed by atoms with Crippen LogP contribution in [0.1, 0.15) is 81.0 Å². The zero-order valence-corrected chi connectivity index (χ0v) is 31.8. The Morgan fingerprint density at radius 3 is 1.95 bits per heavy atom. The van der Waals surface area contributed by atoms with E-state index in [1.165, 1.54) is 32.4 Å². The van der Waals surface area contributed by atoms with E-state index in [4.69, 9.17) is 19.2 Å². The van der Waals surface area contributed by atoms with Crippen LogP contribution in [0.4, 0.5) is 17.1 Å². The molecule has 284 valence electrons. The van der Waals surface area contributed by atoms with Crippen LogP contribution in [0.3, 0.4) is 0 Å². The molecular weight excluding hydrogens is 711 g/mol. The first-order valence-electron chi connectivity index (χ1n) is 18.1. The summed E-state index contributed by atoms with van der Waals surface area (Å²) in [4.78, 5) is 73.2. The molecule has 56 heavy (non-hydrogen) atoms. The van der Waals surface area contributed by atoms with Crippen molar-refractivity contribution < 1.29 is 38.2 Å². The molecule has 0 spiro atoms. The summed E-state index contributed by atoms with van der Waals surface area (Å²) in [5.41, 5.74) is 7.20. The number of esters is 3. The van der Waals surface area contributed by atoms with Gasteiger partial charge in [-0.2, -0.15) is 0 Å². The van der Waals surface area contributed by atoms with Gasteiger partial charge in [0.25, 0.3) is 11.8 Å². The lowest BCUT2D eigenvalue weighted by atomic mass is 9.94. The number of benzene rings is 5. The summed E-state index contributed by atoms with van der Waals surface area (Å²) in [5.74, 6) is -2.78. The molecule has 0 bridgehead atoms. The van der Waals surface area contributed by atoms with Crippen LogP contribution >= 0.6 is 0 Å². The van der Waals surface area contributed by atoms with Gasteiger partial charge in [0.15, 0.2) is 0 Å². The van der Waals surface area contributed by atoms with E-state index in [0.29, 0.717) is 28.9 Å². The number of ether oxygens (including phenoxy) is 3. The largest absolute Gasteiger partial charge is 0.465 e. The number of fused-ring (bicyclic) bond motifs is 1. The molecule has 5 aromatic carbocycles. The Labute approximate surface area is 325 Å². The molecule has 5 aromatic rings. The summed E-state index contributed by atoms with van der Waals surface area (Å²) in [7, 11) is 2.53. The van der Waals surface area contributed by atoms with E-state index in [1.807, 2.05) is 26.0 Å². The number of anilines is 2. The van der Waals surface area contributed by atoms with Crippen LogP contribution in [-0.4, -0.2) is 74.2 Å². The van der Waals surface area contributed by atoms with Crippen molar-refractivity contribution in [3.05, 3.63) is 159 Å². The highest BCUT2D eigenvalue weighted by Crippen LogP contribution is 2.31. The van der Waals surface area contributed by atoms with Gasteiger partial charge in [-0.3, -0.25) is 19.5 Å². The van der Waals surface area contributed by atoms with Crippen LogP contribution in [0.2, 0.25) is 0 Å². The highest BCUT2D eigenvalue weighted by atomic mass is 16.5. The predicted molar refractivity (Wildman–Crippen MR) is 213 cm³/mol. The minimum Gasteiger partial charge on any atom is -0.465 e. The van der Waals surface area contributed by atoms with Gasteiger partial charge in [-0.1, -0.05) is 54.1 Å². The molecule has 0 N–H and O–H groups in total. The van der Waals surface area contributed by atoms with E-state index in [-0.39, 0.29) is 42.0 Å². The normalized spacial score (nSPS) is 12.3. The minimum atomic E-state index is -0.650. The summed E-state index contributed by atoms with van der Waals surface area (Å²) >= 11 is 0. The van der Waals surface area contributed by atoms with E-state index in [9.17, 15) is 24.0 Å². The number of hydrogen-bond donors (Lipinski definition) is 0. The third-order valence-electron chi connectivity index (χ3n) is 9.60. The SMILES string of the molecule is CCN(c1ccc(C)cc1)c1ccc(C(Cc2ccccc2C(=O)OCCN2C(=O)c3ccccc3C2=O)=Nc2cc(C(=O)OC)ccc2C(=O)OC)c(C)c1. The van der Waals surface area contributed by atoms with Crippen molar-refractivity contribution >= 4 is 52.5 Å². The smallest absolute Gasteiger partial charge is 0.340 e. The fourth-order valence-electron chi connectivity index (χ4n) is 6.67. The molecule has 0 saturated carbocycles. The van der Waals surface area contributed by atoms with Gasteiger partial charge in [0.1, 0.15) is 6.61 Å². The third kappa shape index (κ3) is 8.12. The molecule has 1 aliphatic heterocycles. The number of aliphatic imine (C=N–C) groups is 1. The highest BCUT2D eigenvalue weighted by Gasteiger charge is 2.35. The van der Waals surface area contributed by atoms with Gasteiger partial charge in [0.2, 0.25) is 0 Å². The quantitative estimate of drug-likeness (QED) is 0.0511. The van der Waals surface area contributed by atoms with Crippen LogP contribution in [0, 0.1) is 13.8 Å². The second kappa shape index (κ2) is 17.1. The van der Waals surface area contributed by atoms with Crippen LogP contribution in [0.15, 0.2) is 114 Å². The van der Waals surface area contributed by atoms with Crippen molar-refractivity contribution in [3.63, 3.8) is 0 Å². The van der Waals surface area contributed by atoms with Gasteiger partial charge in [0, 0.05) is 24.3 Å². The number of rotatable bonds is 13. The van der Waals surface area contributed by atoms with Gasteiger partial charge in [-0.15, -0.1) is 0 Å². The van der Waals surface area contributed by atoms with Gasteiger partial charge in [0.05, 0.1) is 60.0 Å². The van der Waals surface area contributed by atoms with Gasteiger partial charge in [-0.25, -0.2) is 14.4 Å². The Bertz CT molecular complexity index is 2330. The van der Waals surface area contributed by atoms with Gasteiger partial charge in [-0.05, 0) is 98.1 Å². The molecule has 0 aliphatic carbocycles. The Balaban J connectivity index is 1.36. The Morgan fingerprint density at radius 2 is 1.30 bits per heavy atom. The predicted octanol–water partition coefficient (Wildman–Crippen LogP) is 7.85. The second-order valence-electron chi connectivity index (χ2n) is 13.1. The number of imide groups is 1. The van der Waals surface area contributed by atoms with E-state index in [0.717, 1.165) is 33.0 Å². The molecule has 0 unspecified atom stereocenters. The van der Waals surface area contributed by atoms with Crippen LogP contribution < -0.4 is 4.90 Å². The van der Waals surface area contributed by atoms with Crippen molar-refractivity contribution in [3.8, 4) is 0 Å². The molecule has 0 radical (unpaired) electrons. The Morgan fingerprint density at radius 1 is 0.679 bits per heavy atom. The van der Waals surface area contributed by atoms with Crippen molar-refractivity contribution in [2.45, 2.75) is 27.2 Å². The molecule has 2 amide bonds. The fraction of sp³-hybridized carbons (Fsp3) is 0.200. The maximum absolute atomic E-state index is 13.6. The Hall–Kier alpha value is -6.88. The molecule has 1 aliphatic rings. The van der Waals surface area contributed by atoms with E-state index in [2.05, 4.69) is 42.2 Å². The maximum Gasteiger partial charge on any atom is 0.340 e. The summed E-state index contributed by atoms with van der Waals surface area (Å²) in [6, 6.07) is 32.2. The number of carbonyl (C=O) groups excluding carboxylic acids is 5. The molecule has 0 aromatic heterocycles. The zero-order chi connectivity index (χ0) is 39.9. The summed E-state index contributed by atoms with van der Waals surface area (Å²) in [6.45, 7) is 6.48. The average molecular weight is 752 g/mol. The maximum atomic E-state index is 13.6. The molecule has 0 fully saturated rings. The molecule has 0 saturated heterocycles. The second-order valence-corrected chi connectivity index (χ2v) is 13.1. The zero-order valence-electron chi connectivity index (χ0n) is 31.8. The molecular formula is C45H41N3O8. The fourth-order valence-corrected chi connectivity index (χ4v) is 6.67. The summed E-state index contributed by atoms with van der Waals surface area (Å²) in [5, 5.41) is 0. The first kappa shape index (κ1) is 38.8. The monoisotopic (exact) mass is 751 g/mol. The lowest BCUT2D eigenvalue weighted by Gasteiger charge is -2.25. The highest BCUT2D eigenvalue weighted by molar-refractivity contribution is 6.21. The molecule has 11 nitrogen and oxygen atoms in total. The number of nitrogens with zero attached hydrogens (tertiary/aromatic N) is 3. The first-order chi connectivity index (χ1) is 27.0. The van der Waals surface area contributed by atoms with Crippen LogP contribution in [0.25, 0.3) is 0 Å². The number of hydrogen-bond acceptors (Lipinski definition) is 10. The molecule has 1 heterocycles. The van der Waals surface area contributed by atoms with E-state index >= 15 is 0 Å². The van der Waals surface area contributed by atoms with Crippen LogP contribution in [-0.2, 0) is 20.6 Å². The number of aryl methyl sites for hydroxylation is 2. The summed E-state index contributed by atoms with van der Waals surface area (Å²) in [6.07, 6.45) is 0.113. The topological polar surface area (TPSA) is 132 Å². The number of amides is 2. The molecule has 11 heteroatoms. The lowest BCUT2D eigenvalue weighted by Crippen LogP contribution is -2.33.